The minimum atomic E-state index is -3.07. The van der Waals surface area contributed by atoms with Crippen molar-refractivity contribution in [2.75, 3.05) is 18.9 Å². The van der Waals surface area contributed by atoms with Gasteiger partial charge in [-0.15, -0.1) is 0 Å². The molecule has 20 heavy (non-hydrogen) atoms. The van der Waals surface area contributed by atoms with Gasteiger partial charge in [0.1, 0.15) is 0 Å². The molecular weight excluding hydrogens is 274 g/mol. The van der Waals surface area contributed by atoms with Crippen molar-refractivity contribution in [3.05, 3.63) is 0 Å². The van der Waals surface area contributed by atoms with Crippen LogP contribution in [-0.2, 0) is 14.6 Å². The van der Waals surface area contributed by atoms with Crippen molar-refractivity contribution >= 4 is 9.84 Å². The Kier molecular flexibility index (Phi) is 5.87. The smallest absolute Gasteiger partial charge is 0.157 e. The molecule has 2 rings (SSSR count). The monoisotopic (exact) mass is 303 g/mol. The lowest BCUT2D eigenvalue weighted by Crippen LogP contribution is -2.45. The van der Waals surface area contributed by atoms with Crippen molar-refractivity contribution in [1.29, 1.82) is 0 Å². The van der Waals surface area contributed by atoms with Crippen molar-refractivity contribution in [3.8, 4) is 0 Å². The van der Waals surface area contributed by atoms with Gasteiger partial charge in [-0.2, -0.15) is 0 Å². The number of rotatable bonds is 6. The molecule has 0 aromatic rings. The topological polar surface area (TPSA) is 55.4 Å². The Morgan fingerprint density at radius 1 is 1.20 bits per heavy atom. The molecule has 118 valence electrons. The molecule has 4 nitrogen and oxygen atoms in total. The predicted molar refractivity (Wildman–Crippen MR) is 81.6 cm³/mol. The van der Waals surface area contributed by atoms with E-state index in [9.17, 15) is 8.42 Å². The average Bonchev–Trinajstić information content (AvgIpc) is 2.86. The number of hydrogen-bond donors (Lipinski definition) is 1. The zero-order valence-electron chi connectivity index (χ0n) is 12.8. The summed E-state index contributed by atoms with van der Waals surface area (Å²) in [5.41, 5.74) is 0. The van der Waals surface area contributed by atoms with Gasteiger partial charge in [-0.3, -0.25) is 0 Å². The molecule has 0 amide bonds. The van der Waals surface area contributed by atoms with E-state index in [0.717, 1.165) is 6.54 Å². The maximum atomic E-state index is 12.7. The van der Waals surface area contributed by atoms with Crippen LogP contribution in [0.15, 0.2) is 0 Å². The van der Waals surface area contributed by atoms with E-state index >= 15 is 0 Å². The highest BCUT2D eigenvalue weighted by Crippen LogP contribution is 2.29. The van der Waals surface area contributed by atoms with E-state index in [-0.39, 0.29) is 23.1 Å². The second kappa shape index (κ2) is 7.23. The summed E-state index contributed by atoms with van der Waals surface area (Å²) in [7, 11) is -3.07. The molecule has 1 saturated heterocycles. The summed E-state index contributed by atoms with van der Waals surface area (Å²) in [5, 5.41) is 3.13. The van der Waals surface area contributed by atoms with Gasteiger partial charge in [0, 0.05) is 12.6 Å². The molecule has 2 aliphatic rings. The van der Waals surface area contributed by atoms with Crippen molar-refractivity contribution in [1.82, 2.24) is 5.32 Å². The lowest BCUT2D eigenvalue weighted by Gasteiger charge is -2.31. The molecule has 0 aromatic carbocycles. The molecule has 1 heterocycles. The standard InChI is InChI=1S/C15H29NO3S/c1-3-16-14(13-7-5-4-6-8-13)11-20(17,18)15-9-10-19-12(15)2/h12-16H,3-11H2,1-2H3. The summed E-state index contributed by atoms with van der Waals surface area (Å²) in [6.07, 6.45) is 6.65. The Bertz CT molecular complexity index is 390. The Morgan fingerprint density at radius 2 is 1.90 bits per heavy atom. The Labute approximate surface area is 123 Å². The summed E-state index contributed by atoms with van der Waals surface area (Å²) < 4.78 is 30.7. The van der Waals surface area contributed by atoms with Gasteiger partial charge in [0.25, 0.3) is 0 Å². The van der Waals surface area contributed by atoms with Crippen LogP contribution in [0.2, 0.25) is 0 Å². The zero-order valence-corrected chi connectivity index (χ0v) is 13.6. The van der Waals surface area contributed by atoms with E-state index < -0.39 is 9.84 Å². The van der Waals surface area contributed by atoms with Crippen LogP contribution in [0, 0.1) is 5.92 Å². The molecule has 3 unspecified atom stereocenters. The van der Waals surface area contributed by atoms with Crippen LogP contribution in [0.1, 0.15) is 52.4 Å². The molecule has 0 radical (unpaired) electrons. The van der Waals surface area contributed by atoms with Gasteiger partial charge in [-0.1, -0.05) is 26.2 Å². The molecule has 1 aliphatic heterocycles. The summed E-state index contributed by atoms with van der Waals surface area (Å²) in [6.45, 7) is 5.37. The molecule has 3 atom stereocenters. The SMILES string of the molecule is CCNC(CS(=O)(=O)C1CCOC1C)C1CCCCC1. The van der Waals surface area contributed by atoms with Crippen molar-refractivity contribution < 1.29 is 13.2 Å². The normalized spacial score (nSPS) is 30.5. The van der Waals surface area contributed by atoms with E-state index in [1.165, 1.54) is 32.1 Å². The third kappa shape index (κ3) is 3.95. The first-order chi connectivity index (χ1) is 9.54. The van der Waals surface area contributed by atoms with Crippen molar-refractivity contribution in [3.63, 3.8) is 0 Å². The Morgan fingerprint density at radius 3 is 2.45 bits per heavy atom. The quantitative estimate of drug-likeness (QED) is 0.817. The lowest BCUT2D eigenvalue weighted by atomic mass is 9.84. The molecule has 1 saturated carbocycles. The first-order valence-electron chi connectivity index (χ1n) is 8.11. The second-order valence-electron chi connectivity index (χ2n) is 6.29. The van der Waals surface area contributed by atoms with Crippen LogP contribution in [0.3, 0.4) is 0 Å². The average molecular weight is 303 g/mol. The van der Waals surface area contributed by atoms with E-state index in [0.29, 0.717) is 18.9 Å². The van der Waals surface area contributed by atoms with Gasteiger partial charge in [0.2, 0.25) is 0 Å². The fraction of sp³-hybridized carbons (Fsp3) is 1.00. The van der Waals surface area contributed by atoms with Crippen LogP contribution in [0.5, 0.6) is 0 Å². The molecule has 0 bridgehead atoms. The van der Waals surface area contributed by atoms with Crippen LogP contribution in [0.4, 0.5) is 0 Å². The first kappa shape index (κ1) is 16.2. The highest BCUT2D eigenvalue weighted by atomic mass is 32.2. The summed E-state index contributed by atoms with van der Waals surface area (Å²) in [6, 6.07) is 0.123. The number of ether oxygens (including phenoxy) is 1. The molecular formula is C15H29NO3S. The molecule has 2 fully saturated rings. The van der Waals surface area contributed by atoms with Crippen molar-refractivity contribution in [2.45, 2.75) is 69.8 Å². The van der Waals surface area contributed by atoms with Gasteiger partial charge in [-0.05, 0) is 38.6 Å². The minimum Gasteiger partial charge on any atom is -0.377 e. The minimum absolute atomic E-state index is 0.123. The first-order valence-corrected chi connectivity index (χ1v) is 9.82. The summed E-state index contributed by atoms with van der Waals surface area (Å²) in [4.78, 5) is 0. The zero-order chi connectivity index (χ0) is 14.6. The Hall–Kier alpha value is -0.130. The van der Waals surface area contributed by atoms with Crippen LogP contribution in [0.25, 0.3) is 0 Å². The fourth-order valence-corrected chi connectivity index (χ4v) is 5.97. The van der Waals surface area contributed by atoms with Gasteiger partial charge < -0.3 is 10.1 Å². The number of hydrogen-bond acceptors (Lipinski definition) is 4. The van der Waals surface area contributed by atoms with Crippen LogP contribution in [-0.4, -0.2) is 44.7 Å². The third-order valence-electron chi connectivity index (χ3n) is 4.86. The largest absolute Gasteiger partial charge is 0.377 e. The van der Waals surface area contributed by atoms with E-state index in [1.54, 1.807) is 0 Å². The van der Waals surface area contributed by atoms with Crippen molar-refractivity contribution in [2.24, 2.45) is 5.92 Å². The van der Waals surface area contributed by atoms with E-state index in [4.69, 9.17) is 4.74 Å². The van der Waals surface area contributed by atoms with Gasteiger partial charge in [-0.25, -0.2) is 8.42 Å². The molecule has 1 N–H and O–H groups in total. The highest BCUT2D eigenvalue weighted by molar-refractivity contribution is 7.92. The molecule has 0 aromatic heterocycles. The van der Waals surface area contributed by atoms with Crippen LogP contribution < -0.4 is 5.32 Å². The molecule has 1 aliphatic carbocycles. The van der Waals surface area contributed by atoms with E-state index in [2.05, 4.69) is 12.2 Å². The molecule has 5 heteroatoms. The van der Waals surface area contributed by atoms with Gasteiger partial charge >= 0.3 is 0 Å². The lowest BCUT2D eigenvalue weighted by molar-refractivity contribution is 0.126. The predicted octanol–water partition coefficient (Wildman–Crippen LogP) is 2.14. The van der Waals surface area contributed by atoms with Gasteiger partial charge in [0.15, 0.2) is 9.84 Å². The second-order valence-corrected chi connectivity index (χ2v) is 8.56. The third-order valence-corrected chi connectivity index (χ3v) is 7.23. The number of nitrogens with one attached hydrogen (secondary N) is 1. The number of sulfone groups is 1. The fourth-order valence-electron chi connectivity index (χ4n) is 3.72. The van der Waals surface area contributed by atoms with Crippen LogP contribution >= 0.6 is 0 Å². The summed E-state index contributed by atoms with van der Waals surface area (Å²) in [5.74, 6) is 0.806. The Balaban J connectivity index is 2.02. The highest BCUT2D eigenvalue weighted by Gasteiger charge is 2.38. The maximum absolute atomic E-state index is 12.7. The summed E-state index contributed by atoms with van der Waals surface area (Å²) >= 11 is 0. The maximum Gasteiger partial charge on any atom is 0.157 e. The van der Waals surface area contributed by atoms with Gasteiger partial charge in [0.05, 0.1) is 17.1 Å². The molecule has 0 spiro atoms. The van der Waals surface area contributed by atoms with E-state index in [1.807, 2.05) is 6.92 Å².